The Morgan fingerprint density at radius 2 is 2.10 bits per heavy atom. The van der Waals surface area contributed by atoms with Crippen molar-refractivity contribution < 1.29 is 14.3 Å². The van der Waals surface area contributed by atoms with Crippen LogP contribution in [0.1, 0.15) is 65.2 Å². The van der Waals surface area contributed by atoms with Gasteiger partial charge in [-0.25, -0.2) is 4.98 Å². The zero-order chi connectivity index (χ0) is 22.0. The van der Waals surface area contributed by atoms with Crippen molar-refractivity contribution in [2.75, 3.05) is 7.11 Å². The van der Waals surface area contributed by atoms with Gasteiger partial charge in [0.05, 0.1) is 12.5 Å². The normalized spacial score (nSPS) is 43.6. The first kappa shape index (κ1) is 21.2. The molecule has 5 nitrogen and oxygen atoms in total. The molecule has 1 heterocycles. The maximum Gasteiger partial charge on any atom is 0.311 e. The number of carbonyl (C=O) groups excluding carboxylic acids is 1. The molecule has 6 heteroatoms. The molecule has 31 heavy (non-hydrogen) atoms. The van der Waals surface area contributed by atoms with Crippen molar-refractivity contribution in [2.45, 2.75) is 71.3 Å². The molecule has 0 N–H and O–H groups in total. The molecule has 168 valence electrons. The average molecular weight is 443 g/mol. The fourth-order valence-corrected chi connectivity index (χ4v) is 8.68. The monoisotopic (exact) mass is 442 g/mol. The maximum absolute atomic E-state index is 12.9. The molecule has 4 fully saturated rings. The summed E-state index contributed by atoms with van der Waals surface area (Å²) in [5.41, 5.74) is 1.35. The number of nitrogens with zero attached hydrogens (tertiary/aromatic N) is 2. The Bertz CT molecular complexity index is 914. The number of esters is 1. The van der Waals surface area contributed by atoms with Gasteiger partial charge in [0.2, 0.25) is 0 Å². The molecule has 4 aliphatic carbocycles. The van der Waals surface area contributed by atoms with Gasteiger partial charge in [-0.15, -0.1) is 0 Å². The molecular formula is C25H34N2O3S. The van der Waals surface area contributed by atoms with Gasteiger partial charge in [0.15, 0.2) is 0 Å². The van der Waals surface area contributed by atoms with Crippen molar-refractivity contribution >= 4 is 23.4 Å². The van der Waals surface area contributed by atoms with Crippen LogP contribution in [0, 0.1) is 34.0 Å². The van der Waals surface area contributed by atoms with Crippen LogP contribution in [0.15, 0.2) is 30.9 Å². The smallest absolute Gasteiger partial charge is 0.311 e. The van der Waals surface area contributed by atoms with E-state index in [1.54, 1.807) is 17.1 Å². The van der Waals surface area contributed by atoms with E-state index >= 15 is 0 Å². The van der Waals surface area contributed by atoms with Gasteiger partial charge >= 0.3 is 5.97 Å². The third-order valence-electron chi connectivity index (χ3n) is 9.71. The molecule has 4 saturated carbocycles. The van der Waals surface area contributed by atoms with Crippen LogP contribution in [0.5, 0.6) is 0 Å². The molecule has 7 atom stereocenters. The summed E-state index contributed by atoms with van der Waals surface area (Å²) in [4.78, 5) is 17.0. The molecule has 1 spiro atoms. The molecule has 1 aromatic rings. The van der Waals surface area contributed by atoms with Gasteiger partial charge in [-0.05, 0) is 86.8 Å². The third-order valence-corrected chi connectivity index (χ3v) is 10.0. The predicted octanol–water partition coefficient (Wildman–Crippen LogP) is 5.15. The Morgan fingerprint density at radius 1 is 1.29 bits per heavy atom. The summed E-state index contributed by atoms with van der Waals surface area (Å²) in [6.45, 7) is 9.09. The number of carbonyl (C=O) groups is 1. The van der Waals surface area contributed by atoms with E-state index in [1.807, 2.05) is 6.20 Å². The van der Waals surface area contributed by atoms with Crippen LogP contribution < -0.4 is 0 Å². The Morgan fingerprint density at radius 3 is 2.81 bits per heavy atom. The molecule has 2 bridgehead atoms. The molecule has 4 aliphatic rings. The summed E-state index contributed by atoms with van der Waals surface area (Å²) in [5.74, 6) is 1.20. The zero-order valence-corrected chi connectivity index (χ0v) is 19.7. The maximum atomic E-state index is 12.9. The number of hydrogen-bond donors (Lipinski definition) is 0. The van der Waals surface area contributed by atoms with Crippen molar-refractivity contribution in [3.63, 3.8) is 0 Å². The van der Waals surface area contributed by atoms with Gasteiger partial charge < -0.3 is 9.47 Å². The molecule has 5 rings (SSSR count). The van der Waals surface area contributed by atoms with E-state index in [1.165, 1.54) is 25.5 Å². The minimum atomic E-state index is -0.391. The van der Waals surface area contributed by atoms with Gasteiger partial charge in [0.1, 0.15) is 12.4 Å². The summed E-state index contributed by atoms with van der Waals surface area (Å²) < 4.78 is 13.5. The second kappa shape index (κ2) is 7.16. The highest BCUT2D eigenvalue weighted by atomic mass is 32.1. The van der Waals surface area contributed by atoms with Gasteiger partial charge in [0, 0.05) is 18.3 Å². The van der Waals surface area contributed by atoms with Crippen LogP contribution in [0.3, 0.4) is 0 Å². The number of rotatable bonds is 2. The summed E-state index contributed by atoms with van der Waals surface area (Å²) >= 11 is 5.59. The summed E-state index contributed by atoms with van der Waals surface area (Å²) in [6, 6.07) is 0. The first-order valence-electron chi connectivity index (χ1n) is 11.7. The van der Waals surface area contributed by atoms with E-state index < -0.39 is 5.41 Å². The first-order valence-corrected chi connectivity index (χ1v) is 12.1. The summed E-state index contributed by atoms with van der Waals surface area (Å²) in [6.07, 6.45) is 14.0. The molecule has 0 saturated heterocycles. The van der Waals surface area contributed by atoms with E-state index in [4.69, 9.17) is 21.7 Å². The van der Waals surface area contributed by atoms with Crippen LogP contribution >= 0.6 is 12.2 Å². The number of fused-ring (bicyclic) bond motifs is 3. The van der Waals surface area contributed by atoms with Gasteiger partial charge in [-0.1, -0.05) is 25.5 Å². The number of imidazole rings is 1. The van der Waals surface area contributed by atoms with Crippen molar-refractivity contribution in [2.24, 2.45) is 34.0 Å². The topological polar surface area (TPSA) is 53.4 Å². The fraction of sp³-hybridized carbons (Fsp3) is 0.720. The van der Waals surface area contributed by atoms with Crippen molar-refractivity contribution in [3.05, 3.63) is 30.9 Å². The average Bonchev–Trinajstić information content (AvgIpc) is 3.36. The Labute approximate surface area is 190 Å². The van der Waals surface area contributed by atoms with Crippen molar-refractivity contribution in [1.29, 1.82) is 0 Å². The number of ether oxygens (including phenoxy) is 2. The lowest BCUT2D eigenvalue weighted by Crippen LogP contribution is -2.59. The minimum absolute atomic E-state index is 0.0296. The summed E-state index contributed by atoms with van der Waals surface area (Å²) in [7, 11) is 1.54. The van der Waals surface area contributed by atoms with Crippen LogP contribution in [0.4, 0.5) is 0 Å². The van der Waals surface area contributed by atoms with Crippen LogP contribution in [-0.2, 0) is 14.3 Å². The number of methoxy groups -OCH3 is 1. The van der Waals surface area contributed by atoms with Gasteiger partial charge in [-0.2, -0.15) is 0 Å². The van der Waals surface area contributed by atoms with E-state index in [9.17, 15) is 4.79 Å². The lowest BCUT2D eigenvalue weighted by atomic mass is 9.41. The molecule has 0 aliphatic heterocycles. The number of thiocarbonyl (C=S) groups is 1. The highest BCUT2D eigenvalue weighted by Crippen LogP contribution is 2.72. The minimum Gasteiger partial charge on any atom is -0.469 e. The number of hydrogen-bond acceptors (Lipinski definition) is 5. The van der Waals surface area contributed by atoms with Gasteiger partial charge in [-0.3, -0.25) is 9.36 Å². The molecule has 0 aromatic carbocycles. The molecule has 0 amide bonds. The van der Waals surface area contributed by atoms with E-state index in [0.29, 0.717) is 28.3 Å². The quantitative estimate of drug-likeness (QED) is 0.360. The lowest BCUT2D eigenvalue weighted by Gasteiger charge is -2.64. The van der Waals surface area contributed by atoms with Crippen molar-refractivity contribution in [1.82, 2.24) is 9.55 Å². The molecule has 1 aromatic heterocycles. The van der Waals surface area contributed by atoms with Gasteiger partial charge in [0.25, 0.3) is 5.17 Å². The molecule has 0 radical (unpaired) electrons. The highest BCUT2D eigenvalue weighted by Gasteiger charge is 2.67. The van der Waals surface area contributed by atoms with Crippen LogP contribution in [0.2, 0.25) is 0 Å². The van der Waals surface area contributed by atoms with Crippen molar-refractivity contribution in [3.8, 4) is 0 Å². The van der Waals surface area contributed by atoms with Crippen LogP contribution in [-0.4, -0.2) is 33.9 Å². The fourth-order valence-electron chi connectivity index (χ4n) is 8.45. The Balaban J connectivity index is 1.48. The van der Waals surface area contributed by atoms with E-state index in [0.717, 1.165) is 38.5 Å². The highest BCUT2D eigenvalue weighted by molar-refractivity contribution is 7.80. The second-order valence-electron chi connectivity index (χ2n) is 11.0. The molecular weight excluding hydrogens is 408 g/mol. The standard InChI is InChI=1S/C25H34N2O3S/c1-16-13-25-9-6-19-23(2,7-5-8-24(19,3)21(28)29-4)20(25)12-18(17(16)14-25)30-22(31)27-11-10-26-15-27/h10-11,15,17-20H,1,5-9,12-14H2,2-4H3/t17-,18?,19+,20+,23-,24-,25-/m1/s1. The predicted molar refractivity (Wildman–Crippen MR) is 122 cm³/mol. The Hall–Kier alpha value is -1.69. The van der Waals surface area contributed by atoms with Crippen LogP contribution in [0.25, 0.3) is 0 Å². The largest absolute Gasteiger partial charge is 0.469 e. The summed E-state index contributed by atoms with van der Waals surface area (Å²) in [5, 5.41) is 0.468. The molecule has 1 unspecified atom stereocenters. The Kier molecular flexibility index (Phi) is 4.89. The SMILES string of the molecule is C=C1C[C@@]23CC[C@H]4[C@@](C)(CCC[C@@]4(C)C(=O)OC)[C@@H]2CC(OC(=S)n2ccnc2)[C@@H]1C3. The lowest BCUT2D eigenvalue weighted by molar-refractivity contribution is -0.188. The zero-order valence-electron chi connectivity index (χ0n) is 18.9. The van der Waals surface area contributed by atoms with E-state index in [-0.39, 0.29) is 17.5 Å². The first-order chi connectivity index (χ1) is 14.7. The van der Waals surface area contributed by atoms with E-state index in [2.05, 4.69) is 25.4 Å². The second-order valence-corrected chi connectivity index (χ2v) is 11.4. The number of aromatic nitrogens is 2. The third kappa shape index (κ3) is 2.96.